The van der Waals surface area contributed by atoms with Crippen molar-refractivity contribution in [1.82, 2.24) is 4.31 Å². The van der Waals surface area contributed by atoms with Crippen LogP contribution >= 0.6 is 0 Å². The standard InChI is InChI=1S/C17H22N2O4S2/c1-12-7-9-16(10-14(12)3)24(20,21)18-15-8-6-13(2)17(11-15)25(22,23)19(4)5/h6-11,18H,1-5H3. The van der Waals surface area contributed by atoms with Crippen molar-refractivity contribution >= 4 is 25.7 Å². The second-order valence-electron chi connectivity index (χ2n) is 6.12. The molecule has 2 aromatic rings. The molecule has 2 rings (SSSR count). The van der Waals surface area contributed by atoms with Gasteiger partial charge in [-0.3, -0.25) is 4.72 Å². The fraction of sp³-hybridized carbons (Fsp3) is 0.294. The molecule has 6 nitrogen and oxygen atoms in total. The summed E-state index contributed by atoms with van der Waals surface area (Å²) < 4.78 is 53.4. The van der Waals surface area contributed by atoms with Crippen LogP contribution in [0.25, 0.3) is 0 Å². The number of sulfonamides is 2. The molecule has 2 aromatic carbocycles. The lowest BCUT2D eigenvalue weighted by Crippen LogP contribution is -2.23. The van der Waals surface area contributed by atoms with Crippen molar-refractivity contribution < 1.29 is 16.8 Å². The van der Waals surface area contributed by atoms with Crippen LogP contribution in [0, 0.1) is 20.8 Å². The maximum Gasteiger partial charge on any atom is 0.261 e. The van der Waals surface area contributed by atoms with Gasteiger partial charge in [-0.2, -0.15) is 0 Å². The number of rotatable bonds is 5. The van der Waals surface area contributed by atoms with Crippen LogP contribution < -0.4 is 4.72 Å². The number of hydrogen-bond acceptors (Lipinski definition) is 4. The van der Waals surface area contributed by atoms with Crippen molar-refractivity contribution in [2.75, 3.05) is 18.8 Å². The van der Waals surface area contributed by atoms with E-state index in [2.05, 4.69) is 4.72 Å². The first-order chi connectivity index (χ1) is 11.4. The lowest BCUT2D eigenvalue weighted by Gasteiger charge is -2.15. The SMILES string of the molecule is Cc1ccc(S(=O)(=O)Nc2ccc(C)c(S(=O)(=O)N(C)C)c2)cc1C. The highest BCUT2D eigenvalue weighted by Gasteiger charge is 2.22. The van der Waals surface area contributed by atoms with Gasteiger partial charge in [-0.05, 0) is 61.7 Å². The predicted molar refractivity (Wildman–Crippen MR) is 98.8 cm³/mol. The number of nitrogens with zero attached hydrogens (tertiary/aromatic N) is 1. The van der Waals surface area contributed by atoms with E-state index in [9.17, 15) is 16.8 Å². The van der Waals surface area contributed by atoms with Gasteiger partial charge in [0.1, 0.15) is 0 Å². The first-order valence-corrected chi connectivity index (χ1v) is 10.5. The van der Waals surface area contributed by atoms with Crippen molar-refractivity contribution in [2.45, 2.75) is 30.6 Å². The molecule has 0 saturated heterocycles. The van der Waals surface area contributed by atoms with E-state index in [0.29, 0.717) is 5.56 Å². The molecule has 0 saturated carbocycles. The molecule has 25 heavy (non-hydrogen) atoms. The van der Waals surface area contributed by atoms with Crippen LogP contribution in [-0.2, 0) is 20.0 Å². The summed E-state index contributed by atoms with van der Waals surface area (Å²) in [4.78, 5) is 0.200. The van der Waals surface area contributed by atoms with Gasteiger partial charge >= 0.3 is 0 Å². The van der Waals surface area contributed by atoms with Crippen LogP contribution in [0.2, 0.25) is 0 Å². The summed E-state index contributed by atoms with van der Waals surface area (Å²) in [5.41, 5.74) is 2.60. The van der Waals surface area contributed by atoms with Crippen LogP contribution in [0.15, 0.2) is 46.2 Å². The minimum absolute atomic E-state index is 0.0674. The molecule has 0 bridgehead atoms. The molecular weight excluding hydrogens is 360 g/mol. The molecule has 0 atom stereocenters. The van der Waals surface area contributed by atoms with Gasteiger partial charge in [0.2, 0.25) is 10.0 Å². The van der Waals surface area contributed by atoms with E-state index >= 15 is 0 Å². The molecule has 0 unspecified atom stereocenters. The molecule has 0 aliphatic carbocycles. The molecule has 0 radical (unpaired) electrons. The maximum absolute atomic E-state index is 12.6. The fourth-order valence-electron chi connectivity index (χ4n) is 2.23. The number of aryl methyl sites for hydroxylation is 3. The zero-order valence-corrected chi connectivity index (χ0v) is 16.5. The molecule has 136 valence electrons. The van der Waals surface area contributed by atoms with E-state index in [4.69, 9.17) is 0 Å². The Morgan fingerprint density at radius 1 is 0.800 bits per heavy atom. The van der Waals surface area contributed by atoms with Crippen molar-refractivity contribution in [2.24, 2.45) is 0 Å². The second-order valence-corrected chi connectivity index (χ2v) is 9.92. The van der Waals surface area contributed by atoms with Crippen LogP contribution in [0.3, 0.4) is 0 Å². The summed E-state index contributed by atoms with van der Waals surface area (Å²) in [5.74, 6) is 0. The highest BCUT2D eigenvalue weighted by Crippen LogP contribution is 2.25. The summed E-state index contributed by atoms with van der Waals surface area (Å²) in [6.45, 7) is 5.40. The lowest BCUT2D eigenvalue weighted by atomic mass is 10.1. The smallest absolute Gasteiger partial charge is 0.261 e. The molecule has 0 aliphatic heterocycles. The summed E-state index contributed by atoms with van der Waals surface area (Å²) >= 11 is 0. The van der Waals surface area contributed by atoms with Crippen LogP contribution in [0.1, 0.15) is 16.7 Å². The number of hydrogen-bond donors (Lipinski definition) is 1. The van der Waals surface area contributed by atoms with Gasteiger partial charge in [0, 0.05) is 14.1 Å². The molecule has 0 fully saturated rings. The topological polar surface area (TPSA) is 83.5 Å². The van der Waals surface area contributed by atoms with Crippen molar-refractivity contribution in [1.29, 1.82) is 0 Å². The Morgan fingerprint density at radius 3 is 1.96 bits per heavy atom. The van der Waals surface area contributed by atoms with Crippen LogP contribution in [0.5, 0.6) is 0 Å². The quantitative estimate of drug-likeness (QED) is 0.862. The predicted octanol–water partition coefficient (Wildman–Crippen LogP) is 2.66. The van der Waals surface area contributed by atoms with Gasteiger partial charge in [-0.15, -0.1) is 0 Å². The highest BCUT2D eigenvalue weighted by atomic mass is 32.2. The van der Waals surface area contributed by atoms with Gasteiger partial charge in [0.05, 0.1) is 15.5 Å². The molecule has 0 aliphatic rings. The Balaban J connectivity index is 2.45. The normalized spacial score (nSPS) is 12.4. The highest BCUT2D eigenvalue weighted by molar-refractivity contribution is 7.92. The monoisotopic (exact) mass is 382 g/mol. The maximum atomic E-state index is 12.6. The Bertz CT molecular complexity index is 1010. The minimum atomic E-state index is -3.81. The van der Waals surface area contributed by atoms with Gasteiger partial charge in [0.25, 0.3) is 10.0 Å². The Kier molecular flexibility index (Phi) is 5.27. The summed E-state index contributed by atoms with van der Waals surface area (Å²) in [5, 5.41) is 0. The van der Waals surface area contributed by atoms with Crippen molar-refractivity contribution in [3.05, 3.63) is 53.1 Å². The van der Waals surface area contributed by atoms with Gasteiger partial charge in [-0.1, -0.05) is 12.1 Å². The number of benzene rings is 2. The van der Waals surface area contributed by atoms with Crippen molar-refractivity contribution in [3.63, 3.8) is 0 Å². The summed E-state index contributed by atoms with van der Waals surface area (Å²) in [6.07, 6.45) is 0. The minimum Gasteiger partial charge on any atom is -0.280 e. The Labute approximate surface area is 149 Å². The van der Waals surface area contributed by atoms with E-state index in [1.807, 2.05) is 13.8 Å². The Morgan fingerprint density at radius 2 is 1.40 bits per heavy atom. The summed E-state index contributed by atoms with van der Waals surface area (Å²) in [6, 6.07) is 9.31. The average Bonchev–Trinajstić information content (AvgIpc) is 2.51. The average molecular weight is 383 g/mol. The molecule has 0 heterocycles. The fourth-order valence-corrected chi connectivity index (χ4v) is 4.51. The third-order valence-electron chi connectivity index (χ3n) is 3.99. The first-order valence-electron chi connectivity index (χ1n) is 7.58. The second kappa shape index (κ2) is 6.78. The Hall–Kier alpha value is -1.90. The van der Waals surface area contributed by atoms with Crippen LogP contribution in [-0.4, -0.2) is 35.2 Å². The molecule has 0 spiro atoms. The molecule has 0 aromatic heterocycles. The van der Waals surface area contributed by atoms with Crippen molar-refractivity contribution in [3.8, 4) is 0 Å². The molecular formula is C17H22N2O4S2. The van der Waals surface area contributed by atoms with E-state index in [1.54, 1.807) is 31.2 Å². The van der Waals surface area contributed by atoms with E-state index in [0.717, 1.165) is 15.4 Å². The van der Waals surface area contributed by atoms with E-state index in [1.165, 1.54) is 26.2 Å². The first kappa shape index (κ1) is 19.4. The van der Waals surface area contributed by atoms with Gasteiger partial charge in [0.15, 0.2) is 0 Å². The molecule has 1 N–H and O–H groups in total. The van der Waals surface area contributed by atoms with E-state index < -0.39 is 20.0 Å². The van der Waals surface area contributed by atoms with Gasteiger partial charge in [-0.25, -0.2) is 21.1 Å². The summed E-state index contributed by atoms with van der Waals surface area (Å²) in [7, 11) is -4.61. The molecule has 8 heteroatoms. The third kappa shape index (κ3) is 4.02. The van der Waals surface area contributed by atoms with E-state index in [-0.39, 0.29) is 15.5 Å². The largest absolute Gasteiger partial charge is 0.280 e. The van der Waals surface area contributed by atoms with Gasteiger partial charge < -0.3 is 0 Å². The number of anilines is 1. The number of nitrogens with one attached hydrogen (secondary N) is 1. The van der Waals surface area contributed by atoms with Crippen LogP contribution in [0.4, 0.5) is 5.69 Å². The third-order valence-corrected chi connectivity index (χ3v) is 7.32. The molecule has 0 amide bonds. The zero-order chi connectivity index (χ0) is 19.0. The lowest BCUT2D eigenvalue weighted by molar-refractivity contribution is 0.520. The zero-order valence-electron chi connectivity index (χ0n) is 14.9.